The molecular formula is C22H20N2O. The molecule has 3 heteroatoms. The number of aliphatic hydroxyl groups excluding tert-OH is 1. The van der Waals surface area contributed by atoms with E-state index in [9.17, 15) is 5.11 Å². The minimum atomic E-state index is -0.768. The Hall–Kier alpha value is -2.96. The molecule has 0 aliphatic rings. The minimum Gasteiger partial charge on any atom is -0.384 e. The van der Waals surface area contributed by atoms with Crippen molar-refractivity contribution in [1.82, 2.24) is 4.98 Å². The Morgan fingerprint density at radius 3 is 2.44 bits per heavy atom. The number of rotatable bonds is 3. The van der Waals surface area contributed by atoms with E-state index in [4.69, 9.17) is 5.26 Å². The van der Waals surface area contributed by atoms with E-state index in [0.717, 1.165) is 33.4 Å². The maximum Gasteiger partial charge on any atom is 0.107 e. The fourth-order valence-corrected chi connectivity index (χ4v) is 3.42. The van der Waals surface area contributed by atoms with E-state index in [1.807, 2.05) is 38.1 Å². The molecule has 0 saturated carbocycles. The minimum absolute atomic E-state index is 0.595. The van der Waals surface area contributed by atoms with Gasteiger partial charge in [0.25, 0.3) is 0 Å². The molecule has 0 aliphatic carbocycles. The maximum absolute atomic E-state index is 11.1. The van der Waals surface area contributed by atoms with Crippen LogP contribution in [0.4, 0.5) is 0 Å². The summed E-state index contributed by atoms with van der Waals surface area (Å²) in [6.07, 6.45) is 2.65. The first-order chi connectivity index (χ1) is 12.0. The SMILES string of the molecule is Cc1cc(C)c(C(O)c2cnccc2-c2cccc(C#N)c2)c(C)c1. The molecule has 2 aromatic carbocycles. The molecule has 0 spiro atoms. The normalized spacial score (nSPS) is 11.8. The summed E-state index contributed by atoms with van der Waals surface area (Å²) in [4.78, 5) is 4.21. The monoisotopic (exact) mass is 328 g/mol. The highest BCUT2D eigenvalue weighted by Crippen LogP contribution is 2.34. The van der Waals surface area contributed by atoms with E-state index in [2.05, 4.69) is 30.1 Å². The molecule has 25 heavy (non-hydrogen) atoms. The van der Waals surface area contributed by atoms with Crippen LogP contribution in [0, 0.1) is 32.1 Å². The summed E-state index contributed by atoms with van der Waals surface area (Å²) in [6.45, 7) is 6.09. The van der Waals surface area contributed by atoms with Crippen LogP contribution in [0.15, 0.2) is 54.9 Å². The number of benzene rings is 2. The Labute approximate surface area is 148 Å². The molecule has 0 amide bonds. The van der Waals surface area contributed by atoms with E-state index < -0.39 is 6.10 Å². The third kappa shape index (κ3) is 3.31. The van der Waals surface area contributed by atoms with Crippen molar-refractivity contribution in [3.63, 3.8) is 0 Å². The summed E-state index contributed by atoms with van der Waals surface area (Å²) in [5.74, 6) is 0. The molecular weight excluding hydrogens is 308 g/mol. The van der Waals surface area contributed by atoms with Gasteiger partial charge in [-0.25, -0.2) is 0 Å². The van der Waals surface area contributed by atoms with Crippen LogP contribution in [0.3, 0.4) is 0 Å². The second kappa shape index (κ2) is 6.88. The molecule has 3 nitrogen and oxygen atoms in total. The molecule has 1 aromatic heterocycles. The molecule has 0 radical (unpaired) electrons. The summed E-state index contributed by atoms with van der Waals surface area (Å²) >= 11 is 0. The second-order valence-electron chi connectivity index (χ2n) is 6.37. The lowest BCUT2D eigenvalue weighted by molar-refractivity contribution is 0.219. The molecule has 1 unspecified atom stereocenters. The van der Waals surface area contributed by atoms with Gasteiger partial charge in [0.15, 0.2) is 0 Å². The van der Waals surface area contributed by atoms with Gasteiger partial charge in [-0.05, 0) is 66.8 Å². The van der Waals surface area contributed by atoms with Gasteiger partial charge in [-0.2, -0.15) is 5.26 Å². The third-order valence-corrected chi connectivity index (χ3v) is 4.46. The van der Waals surface area contributed by atoms with Crippen LogP contribution >= 0.6 is 0 Å². The molecule has 1 atom stereocenters. The van der Waals surface area contributed by atoms with E-state index >= 15 is 0 Å². The molecule has 3 aromatic rings. The zero-order valence-corrected chi connectivity index (χ0v) is 14.6. The zero-order valence-electron chi connectivity index (χ0n) is 14.6. The molecule has 1 N–H and O–H groups in total. The largest absolute Gasteiger partial charge is 0.384 e. The van der Waals surface area contributed by atoms with Crippen LogP contribution in [0.5, 0.6) is 0 Å². The third-order valence-electron chi connectivity index (χ3n) is 4.46. The number of nitrogens with zero attached hydrogens (tertiary/aromatic N) is 2. The average Bonchev–Trinajstić information content (AvgIpc) is 2.61. The fraction of sp³-hybridized carbons (Fsp3) is 0.182. The van der Waals surface area contributed by atoms with Crippen LogP contribution < -0.4 is 0 Å². The Kier molecular flexibility index (Phi) is 4.65. The predicted octanol–water partition coefficient (Wildman–Crippen LogP) is 4.63. The Balaban J connectivity index is 2.15. The number of aromatic nitrogens is 1. The Morgan fingerprint density at radius 2 is 1.76 bits per heavy atom. The molecule has 124 valence electrons. The average molecular weight is 328 g/mol. The number of aliphatic hydroxyl groups is 1. The van der Waals surface area contributed by atoms with Gasteiger partial charge in [0.2, 0.25) is 0 Å². The van der Waals surface area contributed by atoms with Crippen molar-refractivity contribution >= 4 is 0 Å². The molecule has 0 saturated heterocycles. The molecule has 3 rings (SSSR count). The van der Waals surface area contributed by atoms with Gasteiger partial charge in [0.05, 0.1) is 11.6 Å². The van der Waals surface area contributed by atoms with Crippen molar-refractivity contribution in [3.05, 3.63) is 88.2 Å². The van der Waals surface area contributed by atoms with Crippen LogP contribution in [-0.2, 0) is 0 Å². The summed E-state index contributed by atoms with van der Waals surface area (Å²) < 4.78 is 0. The molecule has 1 heterocycles. The lowest BCUT2D eigenvalue weighted by atomic mass is 9.89. The van der Waals surface area contributed by atoms with Gasteiger partial charge < -0.3 is 5.11 Å². The summed E-state index contributed by atoms with van der Waals surface area (Å²) in [5.41, 5.74) is 7.34. The van der Waals surface area contributed by atoms with Crippen LogP contribution in [0.2, 0.25) is 0 Å². The topological polar surface area (TPSA) is 56.9 Å². The standard InChI is InChI=1S/C22H20N2O/c1-14-9-15(2)21(16(3)10-14)22(25)20-13-24-8-7-19(20)18-6-4-5-17(11-18)12-23/h4-11,13,22,25H,1-3H3. The number of pyridine rings is 1. The second-order valence-corrected chi connectivity index (χ2v) is 6.37. The van der Waals surface area contributed by atoms with E-state index in [-0.39, 0.29) is 0 Å². The van der Waals surface area contributed by atoms with Gasteiger partial charge in [0.1, 0.15) is 6.10 Å². The predicted molar refractivity (Wildman–Crippen MR) is 99.1 cm³/mol. The zero-order chi connectivity index (χ0) is 18.0. The number of hydrogen-bond donors (Lipinski definition) is 1. The van der Waals surface area contributed by atoms with Crippen molar-refractivity contribution in [2.45, 2.75) is 26.9 Å². The summed E-state index contributed by atoms with van der Waals surface area (Å²) in [5, 5.41) is 20.3. The van der Waals surface area contributed by atoms with Crippen molar-refractivity contribution < 1.29 is 5.11 Å². The van der Waals surface area contributed by atoms with Crippen LogP contribution in [-0.4, -0.2) is 10.1 Å². The number of nitriles is 1. The highest BCUT2D eigenvalue weighted by molar-refractivity contribution is 5.69. The summed E-state index contributed by atoms with van der Waals surface area (Å²) in [7, 11) is 0. The lowest BCUT2D eigenvalue weighted by Crippen LogP contribution is -2.07. The van der Waals surface area contributed by atoms with E-state index in [1.54, 1.807) is 18.5 Å². The quantitative estimate of drug-likeness (QED) is 0.763. The molecule has 0 aliphatic heterocycles. The van der Waals surface area contributed by atoms with E-state index in [1.165, 1.54) is 5.56 Å². The Morgan fingerprint density at radius 1 is 1.04 bits per heavy atom. The Bertz CT molecular complexity index is 947. The summed E-state index contributed by atoms with van der Waals surface area (Å²) in [6, 6.07) is 15.6. The highest BCUT2D eigenvalue weighted by atomic mass is 16.3. The van der Waals surface area contributed by atoms with Gasteiger partial charge >= 0.3 is 0 Å². The molecule has 0 fully saturated rings. The first kappa shape index (κ1) is 16.9. The fourth-order valence-electron chi connectivity index (χ4n) is 3.42. The van der Waals surface area contributed by atoms with Crippen molar-refractivity contribution in [2.24, 2.45) is 0 Å². The van der Waals surface area contributed by atoms with E-state index in [0.29, 0.717) is 5.56 Å². The highest BCUT2D eigenvalue weighted by Gasteiger charge is 2.20. The number of aryl methyl sites for hydroxylation is 3. The number of hydrogen-bond acceptors (Lipinski definition) is 3. The molecule has 0 bridgehead atoms. The smallest absolute Gasteiger partial charge is 0.107 e. The van der Waals surface area contributed by atoms with Gasteiger partial charge in [-0.1, -0.05) is 29.8 Å². The van der Waals surface area contributed by atoms with Crippen LogP contribution in [0.1, 0.15) is 39.5 Å². The van der Waals surface area contributed by atoms with Crippen molar-refractivity contribution in [1.29, 1.82) is 5.26 Å². The van der Waals surface area contributed by atoms with Crippen molar-refractivity contribution in [2.75, 3.05) is 0 Å². The maximum atomic E-state index is 11.1. The van der Waals surface area contributed by atoms with Gasteiger partial charge in [0, 0.05) is 18.0 Å². The first-order valence-corrected chi connectivity index (χ1v) is 8.21. The first-order valence-electron chi connectivity index (χ1n) is 8.21. The lowest BCUT2D eigenvalue weighted by Gasteiger charge is -2.20. The van der Waals surface area contributed by atoms with Crippen molar-refractivity contribution in [3.8, 4) is 17.2 Å². The van der Waals surface area contributed by atoms with Gasteiger partial charge in [-0.15, -0.1) is 0 Å². The van der Waals surface area contributed by atoms with Gasteiger partial charge in [-0.3, -0.25) is 4.98 Å². The van der Waals surface area contributed by atoms with Crippen LogP contribution in [0.25, 0.3) is 11.1 Å².